The molecule has 4 rings (SSSR count). The quantitative estimate of drug-likeness (QED) is 0.612. The molecule has 1 N–H and O–H groups in total. The van der Waals surface area contributed by atoms with Gasteiger partial charge in [-0.3, -0.25) is 9.36 Å². The number of anilines is 2. The first-order valence-corrected chi connectivity index (χ1v) is 10.9. The monoisotopic (exact) mass is 423 g/mol. The Morgan fingerprint density at radius 3 is 2.60 bits per heavy atom. The molecule has 3 aromatic rings. The minimum atomic E-state index is -0.323. The Bertz CT molecular complexity index is 999. The van der Waals surface area contributed by atoms with Crippen LogP contribution in [0.3, 0.4) is 0 Å². The number of morpholine rings is 1. The highest BCUT2D eigenvalue weighted by atomic mass is 32.2. The van der Waals surface area contributed by atoms with Crippen molar-refractivity contribution in [3.63, 3.8) is 0 Å². The summed E-state index contributed by atoms with van der Waals surface area (Å²) < 4.78 is 7.32. The molecule has 0 saturated carbocycles. The Morgan fingerprint density at radius 1 is 1.13 bits per heavy atom. The largest absolute Gasteiger partial charge is 0.378 e. The Kier molecular flexibility index (Phi) is 6.35. The van der Waals surface area contributed by atoms with Crippen LogP contribution in [0.4, 0.5) is 11.4 Å². The van der Waals surface area contributed by atoms with Crippen LogP contribution in [-0.2, 0) is 9.53 Å². The lowest BCUT2D eigenvalue weighted by atomic mass is 10.2. The molecule has 156 valence electrons. The second-order valence-corrected chi connectivity index (χ2v) is 8.47. The summed E-state index contributed by atoms with van der Waals surface area (Å²) in [6, 6.07) is 16.0. The number of carbonyl (C=O) groups is 1. The maximum atomic E-state index is 12.7. The molecule has 1 amide bonds. The van der Waals surface area contributed by atoms with E-state index >= 15 is 0 Å². The van der Waals surface area contributed by atoms with Crippen LogP contribution >= 0.6 is 11.8 Å². The predicted molar refractivity (Wildman–Crippen MR) is 120 cm³/mol. The van der Waals surface area contributed by atoms with E-state index < -0.39 is 0 Å². The molecular weight excluding hydrogens is 398 g/mol. The van der Waals surface area contributed by atoms with Crippen LogP contribution in [0, 0.1) is 6.92 Å². The van der Waals surface area contributed by atoms with Crippen molar-refractivity contribution >= 4 is 29.0 Å². The summed E-state index contributed by atoms with van der Waals surface area (Å²) in [5.74, 6) is -0.0709. The molecule has 1 saturated heterocycles. The number of ether oxygens (including phenoxy) is 1. The van der Waals surface area contributed by atoms with Gasteiger partial charge >= 0.3 is 0 Å². The maximum Gasteiger partial charge on any atom is 0.237 e. The van der Waals surface area contributed by atoms with Crippen LogP contribution in [-0.4, -0.2) is 52.2 Å². The highest BCUT2D eigenvalue weighted by Crippen LogP contribution is 2.26. The standard InChI is InChI=1S/C22H25N5O2S/c1-16-5-3-4-6-20(16)27-15-23-25-22(27)30-17(2)21(28)24-18-7-9-19(10-8-18)26-11-13-29-14-12-26/h3-10,15,17H,11-14H2,1-2H3,(H,24,28). The number of aryl methyl sites for hydroxylation is 1. The van der Waals surface area contributed by atoms with Crippen LogP contribution in [0.5, 0.6) is 0 Å². The highest BCUT2D eigenvalue weighted by Gasteiger charge is 2.19. The second kappa shape index (κ2) is 9.32. The second-order valence-electron chi connectivity index (χ2n) is 7.17. The van der Waals surface area contributed by atoms with Crippen LogP contribution in [0.1, 0.15) is 12.5 Å². The van der Waals surface area contributed by atoms with Crippen LogP contribution < -0.4 is 10.2 Å². The van der Waals surface area contributed by atoms with Crippen molar-refractivity contribution < 1.29 is 9.53 Å². The Morgan fingerprint density at radius 2 is 1.87 bits per heavy atom. The van der Waals surface area contributed by atoms with Gasteiger partial charge < -0.3 is 15.0 Å². The van der Waals surface area contributed by atoms with Crippen LogP contribution in [0.2, 0.25) is 0 Å². The molecule has 30 heavy (non-hydrogen) atoms. The van der Waals surface area contributed by atoms with Gasteiger partial charge in [0, 0.05) is 24.5 Å². The Labute approximate surface area is 180 Å². The van der Waals surface area contributed by atoms with E-state index in [9.17, 15) is 4.79 Å². The number of aromatic nitrogens is 3. The summed E-state index contributed by atoms with van der Waals surface area (Å²) >= 11 is 1.39. The lowest BCUT2D eigenvalue weighted by Gasteiger charge is -2.28. The number of thioether (sulfide) groups is 1. The van der Waals surface area contributed by atoms with Crippen molar-refractivity contribution in [3.8, 4) is 5.69 Å². The predicted octanol–water partition coefficient (Wildman–Crippen LogP) is 3.53. The molecule has 1 fully saturated rings. The van der Waals surface area contributed by atoms with Crippen LogP contribution in [0.15, 0.2) is 60.0 Å². The van der Waals surface area contributed by atoms with Gasteiger partial charge in [0.25, 0.3) is 0 Å². The third kappa shape index (κ3) is 4.66. The minimum Gasteiger partial charge on any atom is -0.378 e. The van der Waals surface area contributed by atoms with Gasteiger partial charge in [0.1, 0.15) is 6.33 Å². The van der Waals surface area contributed by atoms with Crippen molar-refractivity contribution in [1.29, 1.82) is 0 Å². The fourth-order valence-electron chi connectivity index (χ4n) is 3.34. The van der Waals surface area contributed by atoms with Gasteiger partial charge in [-0.15, -0.1) is 10.2 Å². The molecule has 7 nitrogen and oxygen atoms in total. The third-order valence-corrected chi connectivity index (χ3v) is 6.11. The van der Waals surface area contributed by atoms with Gasteiger partial charge in [-0.1, -0.05) is 30.0 Å². The molecule has 1 aliphatic rings. The lowest BCUT2D eigenvalue weighted by Crippen LogP contribution is -2.36. The molecule has 1 aromatic heterocycles. The van der Waals surface area contributed by atoms with Crippen molar-refractivity contribution in [2.24, 2.45) is 0 Å². The highest BCUT2D eigenvalue weighted by molar-refractivity contribution is 8.00. The number of rotatable bonds is 6. The van der Waals surface area contributed by atoms with E-state index in [1.165, 1.54) is 11.8 Å². The van der Waals surface area contributed by atoms with E-state index in [1.807, 2.05) is 66.9 Å². The Balaban J connectivity index is 1.39. The molecule has 1 atom stereocenters. The van der Waals surface area contributed by atoms with Crippen molar-refractivity contribution in [3.05, 3.63) is 60.4 Å². The number of benzene rings is 2. The van der Waals surface area contributed by atoms with E-state index in [4.69, 9.17) is 4.74 Å². The van der Waals surface area contributed by atoms with Crippen molar-refractivity contribution in [2.45, 2.75) is 24.3 Å². The minimum absolute atomic E-state index is 0.0709. The number of carbonyl (C=O) groups excluding carboxylic acids is 1. The van der Waals surface area contributed by atoms with Crippen molar-refractivity contribution in [1.82, 2.24) is 14.8 Å². The molecule has 1 aliphatic heterocycles. The fraction of sp³-hybridized carbons (Fsp3) is 0.318. The number of hydrogen-bond donors (Lipinski definition) is 1. The number of para-hydroxylation sites is 1. The number of nitrogens with one attached hydrogen (secondary N) is 1. The molecular formula is C22H25N5O2S. The average molecular weight is 424 g/mol. The van der Waals surface area contributed by atoms with Gasteiger partial charge in [-0.05, 0) is 49.7 Å². The van der Waals surface area contributed by atoms with Crippen molar-refractivity contribution in [2.75, 3.05) is 36.5 Å². The zero-order chi connectivity index (χ0) is 20.9. The summed E-state index contributed by atoms with van der Waals surface area (Å²) in [6.07, 6.45) is 1.68. The number of hydrogen-bond acceptors (Lipinski definition) is 6. The van der Waals surface area contributed by atoms with Gasteiger partial charge in [0.05, 0.1) is 24.2 Å². The normalized spacial score (nSPS) is 15.1. The zero-order valence-corrected chi connectivity index (χ0v) is 17.9. The van der Waals surface area contributed by atoms with E-state index in [0.29, 0.717) is 5.16 Å². The smallest absolute Gasteiger partial charge is 0.237 e. The molecule has 0 radical (unpaired) electrons. The van der Waals surface area contributed by atoms with Gasteiger partial charge in [0.2, 0.25) is 5.91 Å². The van der Waals surface area contributed by atoms with Gasteiger partial charge in [0.15, 0.2) is 5.16 Å². The first-order valence-electron chi connectivity index (χ1n) is 9.98. The van der Waals surface area contributed by atoms with Crippen LogP contribution in [0.25, 0.3) is 5.69 Å². The average Bonchev–Trinajstić information content (AvgIpc) is 3.23. The third-order valence-electron chi connectivity index (χ3n) is 5.05. The van der Waals surface area contributed by atoms with E-state index in [1.54, 1.807) is 6.33 Å². The van der Waals surface area contributed by atoms with E-state index in [0.717, 1.165) is 48.9 Å². The topological polar surface area (TPSA) is 72.3 Å². The van der Waals surface area contributed by atoms with Gasteiger partial charge in [-0.2, -0.15) is 0 Å². The zero-order valence-electron chi connectivity index (χ0n) is 17.1. The molecule has 0 aliphatic carbocycles. The summed E-state index contributed by atoms with van der Waals surface area (Å²) in [6.45, 7) is 7.20. The van der Waals surface area contributed by atoms with Gasteiger partial charge in [-0.25, -0.2) is 0 Å². The Hall–Kier alpha value is -2.84. The SMILES string of the molecule is Cc1ccccc1-n1cnnc1SC(C)C(=O)Nc1ccc(N2CCOCC2)cc1. The van der Waals surface area contributed by atoms with E-state index in [-0.39, 0.29) is 11.2 Å². The number of nitrogens with zero attached hydrogens (tertiary/aromatic N) is 4. The molecule has 0 bridgehead atoms. The molecule has 1 unspecified atom stereocenters. The first kappa shape index (κ1) is 20.4. The fourth-order valence-corrected chi connectivity index (χ4v) is 4.17. The maximum absolute atomic E-state index is 12.7. The molecule has 8 heteroatoms. The summed E-state index contributed by atoms with van der Waals surface area (Å²) in [5.41, 5.74) is 4.06. The first-order chi connectivity index (χ1) is 14.6. The lowest BCUT2D eigenvalue weighted by molar-refractivity contribution is -0.115. The molecule has 2 aromatic carbocycles. The molecule has 0 spiro atoms. The number of amides is 1. The summed E-state index contributed by atoms with van der Waals surface area (Å²) in [5, 5.41) is 11.6. The molecule has 2 heterocycles. The van der Waals surface area contributed by atoms with E-state index in [2.05, 4.69) is 20.4 Å². The summed E-state index contributed by atoms with van der Waals surface area (Å²) in [4.78, 5) is 15.0. The summed E-state index contributed by atoms with van der Waals surface area (Å²) in [7, 11) is 0.